The Kier molecular flexibility index (Phi) is 30.8. The molecule has 0 aromatic heterocycles. The Morgan fingerprint density at radius 1 is 0.571 bits per heavy atom. The second-order valence-corrected chi connectivity index (χ2v) is 10.5. The zero-order chi connectivity index (χ0) is 30.8. The third-order valence-corrected chi connectivity index (χ3v) is 6.48. The standard InChI is InChI=1S/C37H60O5/c1-3-5-7-9-11-13-15-16-17-18-19-20-22-23-25-27-29-31-36(39)41-34-35(33-38)42-37(40)32-30-28-26-24-21-14-12-10-8-6-4-2/h5,7,10-13,16-17,19-20,23,25,35,38H,3-4,6,8-9,14-15,18,21-22,24,26-34H2,1-2H3/b7-5-,12-10-,13-11-,17-16-,20-19-,25-23-/t35-/m0/s1. The van der Waals surface area contributed by atoms with Gasteiger partial charge in [-0.2, -0.15) is 0 Å². The van der Waals surface area contributed by atoms with Gasteiger partial charge in [0.25, 0.3) is 0 Å². The number of unbranched alkanes of at least 4 members (excludes halogenated alkanes) is 8. The van der Waals surface area contributed by atoms with E-state index in [1.165, 1.54) is 32.1 Å². The van der Waals surface area contributed by atoms with E-state index >= 15 is 0 Å². The van der Waals surface area contributed by atoms with Crippen LogP contribution in [0.15, 0.2) is 72.9 Å². The van der Waals surface area contributed by atoms with Gasteiger partial charge >= 0.3 is 11.9 Å². The fraction of sp³-hybridized carbons (Fsp3) is 0.622. The van der Waals surface area contributed by atoms with Crippen molar-refractivity contribution >= 4 is 11.9 Å². The molecule has 0 radical (unpaired) electrons. The summed E-state index contributed by atoms with van der Waals surface area (Å²) >= 11 is 0. The molecule has 1 N–H and O–H groups in total. The zero-order valence-corrected chi connectivity index (χ0v) is 26.7. The van der Waals surface area contributed by atoms with Gasteiger partial charge in [0, 0.05) is 12.8 Å². The van der Waals surface area contributed by atoms with Gasteiger partial charge in [-0.1, -0.05) is 119 Å². The number of ether oxygens (including phenoxy) is 2. The minimum absolute atomic E-state index is 0.103. The summed E-state index contributed by atoms with van der Waals surface area (Å²) in [6.45, 7) is 3.89. The highest BCUT2D eigenvalue weighted by Gasteiger charge is 2.15. The summed E-state index contributed by atoms with van der Waals surface area (Å²) in [5, 5.41) is 9.48. The van der Waals surface area contributed by atoms with Crippen molar-refractivity contribution in [2.45, 2.75) is 136 Å². The Morgan fingerprint density at radius 2 is 1.05 bits per heavy atom. The van der Waals surface area contributed by atoms with E-state index in [-0.39, 0.29) is 25.2 Å². The second kappa shape index (κ2) is 32.8. The zero-order valence-electron chi connectivity index (χ0n) is 26.7. The van der Waals surface area contributed by atoms with Crippen molar-refractivity contribution in [3.8, 4) is 0 Å². The molecular formula is C37H60O5. The van der Waals surface area contributed by atoms with Crippen molar-refractivity contribution in [3.63, 3.8) is 0 Å². The van der Waals surface area contributed by atoms with Crippen molar-refractivity contribution in [1.29, 1.82) is 0 Å². The summed E-state index contributed by atoms with van der Waals surface area (Å²) in [4.78, 5) is 24.1. The SMILES string of the molecule is CC/C=C\C/C=C\C/C=C\C/C=C\C/C=C\CCCC(=O)OC[C@H](CO)OC(=O)CCCCCCC/C=C\CCCC. The Labute approximate surface area is 257 Å². The van der Waals surface area contributed by atoms with Crippen molar-refractivity contribution < 1.29 is 24.2 Å². The lowest BCUT2D eigenvalue weighted by molar-refractivity contribution is -0.161. The molecule has 0 aromatic carbocycles. The summed E-state index contributed by atoms with van der Waals surface area (Å²) < 4.78 is 10.5. The predicted molar refractivity (Wildman–Crippen MR) is 177 cm³/mol. The average Bonchev–Trinajstić information content (AvgIpc) is 2.99. The molecule has 0 aliphatic rings. The maximum Gasteiger partial charge on any atom is 0.306 e. The van der Waals surface area contributed by atoms with Crippen LogP contribution >= 0.6 is 0 Å². The fourth-order valence-corrected chi connectivity index (χ4v) is 3.98. The minimum atomic E-state index is -0.799. The summed E-state index contributed by atoms with van der Waals surface area (Å²) in [5.74, 6) is -0.681. The first kappa shape index (κ1) is 39.3. The monoisotopic (exact) mass is 584 g/mol. The Hall–Kier alpha value is -2.66. The van der Waals surface area contributed by atoms with Crippen LogP contribution in [0.1, 0.15) is 129 Å². The van der Waals surface area contributed by atoms with E-state index in [0.717, 1.165) is 64.2 Å². The molecule has 42 heavy (non-hydrogen) atoms. The molecule has 0 saturated heterocycles. The van der Waals surface area contributed by atoms with Gasteiger partial charge in [-0.25, -0.2) is 0 Å². The normalized spacial score (nSPS) is 13.1. The number of aliphatic hydroxyl groups is 1. The van der Waals surface area contributed by atoms with Crippen LogP contribution in [0.4, 0.5) is 0 Å². The lowest BCUT2D eigenvalue weighted by Gasteiger charge is -2.15. The minimum Gasteiger partial charge on any atom is -0.462 e. The Morgan fingerprint density at radius 3 is 1.64 bits per heavy atom. The van der Waals surface area contributed by atoms with Crippen molar-refractivity contribution in [1.82, 2.24) is 0 Å². The largest absolute Gasteiger partial charge is 0.462 e. The molecule has 0 heterocycles. The number of esters is 2. The van der Waals surface area contributed by atoms with E-state index in [9.17, 15) is 14.7 Å². The number of carbonyl (C=O) groups is 2. The molecule has 5 nitrogen and oxygen atoms in total. The van der Waals surface area contributed by atoms with Gasteiger partial charge in [0.1, 0.15) is 6.61 Å². The lowest BCUT2D eigenvalue weighted by atomic mass is 10.1. The average molecular weight is 585 g/mol. The number of aliphatic hydroxyl groups excluding tert-OH is 1. The number of carbonyl (C=O) groups excluding carboxylic acids is 2. The van der Waals surface area contributed by atoms with Crippen LogP contribution in [0.5, 0.6) is 0 Å². The van der Waals surface area contributed by atoms with Crippen LogP contribution in [0, 0.1) is 0 Å². The highest BCUT2D eigenvalue weighted by Crippen LogP contribution is 2.10. The van der Waals surface area contributed by atoms with Crippen LogP contribution in [-0.4, -0.2) is 36.4 Å². The van der Waals surface area contributed by atoms with E-state index in [1.54, 1.807) is 0 Å². The summed E-state index contributed by atoms with van der Waals surface area (Å²) in [5.41, 5.74) is 0. The molecule has 0 aromatic rings. The van der Waals surface area contributed by atoms with Crippen molar-refractivity contribution in [2.75, 3.05) is 13.2 Å². The van der Waals surface area contributed by atoms with Crippen LogP contribution in [0.25, 0.3) is 0 Å². The van der Waals surface area contributed by atoms with E-state index in [1.807, 2.05) is 0 Å². The molecule has 0 aliphatic carbocycles. The summed E-state index contributed by atoms with van der Waals surface area (Å²) in [6.07, 6.45) is 42.4. The fourth-order valence-electron chi connectivity index (χ4n) is 3.98. The second-order valence-electron chi connectivity index (χ2n) is 10.5. The number of hydrogen-bond donors (Lipinski definition) is 1. The molecule has 0 saturated carbocycles. The first-order valence-corrected chi connectivity index (χ1v) is 16.5. The smallest absolute Gasteiger partial charge is 0.306 e. The maximum atomic E-state index is 12.1. The van der Waals surface area contributed by atoms with Gasteiger partial charge in [0.15, 0.2) is 6.10 Å². The first-order valence-electron chi connectivity index (χ1n) is 16.5. The predicted octanol–water partition coefficient (Wildman–Crippen LogP) is 9.83. The third-order valence-electron chi connectivity index (χ3n) is 6.48. The number of rotatable bonds is 28. The summed E-state index contributed by atoms with van der Waals surface area (Å²) in [7, 11) is 0. The first-order chi connectivity index (χ1) is 20.6. The van der Waals surface area contributed by atoms with Gasteiger partial charge in [0.2, 0.25) is 0 Å². The highest BCUT2D eigenvalue weighted by molar-refractivity contribution is 5.70. The Bertz CT molecular complexity index is 803. The molecule has 0 bridgehead atoms. The van der Waals surface area contributed by atoms with E-state index in [2.05, 4.69) is 86.8 Å². The van der Waals surface area contributed by atoms with Gasteiger partial charge in [-0.15, -0.1) is 0 Å². The van der Waals surface area contributed by atoms with Crippen molar-refractivity contribution in [3.05, 3.63) is 72.9 Å². The van der Waals surface area contributed by atoms with Crippen LogP contribution in [-0.2, 0) is 19.1 Å². The molecule has 0 amide bonds. The van der Waals surface area contributed by atoms with Crippen LogP contribution in [0.2, 0.25) is 0 Å². The molecule has 238 valence electrons. The maximum absolute atomic E-state index is 12.1. The van der Waals surface area contributed by atoms with Gasteiger partial charge in [-0.05, 0) is 70.6 Å². The molecule has 0 unspecified atom stereocenters. The van der Waals surface area contributed by atoms with Gasteiger partial charge < -0.3 is 14.6 Å². The quantitative estimate of drug-likeness (QED) is 0.0563. The van der Waals surface area contributed by atoms with Crippen LogP contribution < -0.4 is 0 Å². The number of hydrogen-bond acceptors (Lipinski definition) is 5. The summed E-state index contributed by atoms with van der Waals surface area (Å²) in [6, 6.07) is 0. The molecular weight excluding hydrogens is 524 g/mol. The topological polar surface area (TPSA) is 72.8 Å². The molecule has 0 spiro atoms. The molecule has 1 atom stereocenters. The highest BCUT2D eigenvalue weighted by atomic mass is 16.6. The lowest BCUT2D eigenvalue weighted by Crippen LogP contribution is -2.28. The van der Waals surface area contributed by atoms with Crippen LogP contribution in [0.3, 0.4) is 0 Å². The van der Waals surface area contributed by atoms with E-state index in [4.69, 9.17) is 9.47 Å². The van der Waals surface area contributed by atoms with Gasteiger partial charge in [-0.3, -0.25) is 9.59 Å². The number of allylic oxidation sites excluding steroid dienone is 12. The van der Waals surface area contributed by atoms with Gasteiger partial charge in [0.05, 0.1) is 6.61 Å². The molecule has 0 fully saturated rings. The van der Waals surface area contributed by atoms with E-state index in [0.29, 0.717) is 19.3 Å². The third kappa shape index (κ3) is 30.3. The van der Waals surface area contributed by atoms with E-state index < -0.39 is 6.10 Å². The molecule has 0 rings (SSSR count). The van der Waals surface area contributed by atoms with Crippen molar-refractivity contribution in [2.24, 2.45) is 0 Å². The Balaban J connectivity index is 3.75. The molecule has 5 heteroatoms. The molecule has 0 aliphatic heterocycles.